The molecule has 0 fully saturated rings. The lowest BCUT2D eigenvalue weighted by molar-refractivity contribution is -0.139. The Morgan fingerprint density at radius 3 is 2.60 bits per heavy atom. The Morgan fingerprint density at radius 2 is 1.87 bits per heavy atom. The van der Waals surface area contributed by atoms with Crippen LogP contribution in [0.15, 0.2) is 83.6 Å². The minimum atomic E-state index is -0.644. The first kappa shape index (κ1) is 35.3. The largest absolute Gasteiger partial charge is 0.493 e. The summed E-state index contributed by atoms with van der Waals surface area (Å²) < 4.78 is 22.9. The van der Waals surface area contributed by atoms with Gasteiger partial charge in [-0.05, 0) is 68.4 Å². The Kier molecular flexibility index (Phi) is 12.6. The number of hydrazone groups is 1. The predicted octanol–water partition coefficient (Wildman–Crippen LogP) is 6.19. The average Bonchev–Trinajstić information content (AvgIpc) is 3.03. The number of halogens is 2. The van der Waals surface area contributed by atoms with Crippen molar-refractivity contribution in [1.82, 2.24) is 16.1 Å². The van der Waals surface area contributed by atoms with E-state index in [-0.39, 0.29) is 19.8 Å². The SMILES string of the molecule is C=CCc1cc(C=NNC(=O)COc2ccccc2[C@@H]2NC(=S)NC(C)=C2C(=O)OCC)cc(OC)c1OCc1ccc(Cl)cc1Cl. The number of thiocarbonyl (C=S) groups is 1. The molecule has 47 heavy (non-hydrogen) atoms. The van der Waals surface area contributed by atoms with Crippen molar-refractivity contribution < 1.29 is 28.5 Å². The number of benzene rings is 3. The zero-order valence-corrected chi connectivity index (χ0v) is 28.4. The molecule has 1 amide bonds. The number of ether oxygens (including phenoxy) is 4. The fraction of sp³-hybridized carbons (Fsp3) is 0.235. The molecule has 1 aliphatic heterocycles. The van der Waals surface area contributed by atoms with Crippen LogP contribution in [-0.2, 0) is 27.4 Å². The molecule has 1 aliphatic rings. The monoisotopic (exact) mass is 696 g/mol. The van der Waals surface area contributed by atoms with Gasteiger partial charge >= 0.3 is 5.97 Å². The van der Waals surface area contributed by atoms with E-state index < -0.39 is 17.9 Å². The van der Waals surface area contributed by atoms with E-state index >= 15 is 0 Å². The number of allylic oxidation sites excluding steroid dienone is 2. The lowest BCUT2D eigenvalue weighted by atomic mass is 9.95. The second-order valence-corrected chi connectivity index (χ2v) is 11.4. The quantitative estimate of drug-likeness (QED) is 0.0596. The third-order valence-electron chi connectivity index (χ3n) is 6.88. The molecule has 0 saturated carbocycles. The van der Waals surface area contributed by atoms with Gasteiger partial charge in [0.05, 0.1) is 31.5 Å². The maximum Gasteiger partial charge on any atom is 0.338 e. The van der Waals surface area contributed by atoms with Crippen molar-refractivity contribution in [3.05, 3.63) is 111 Å². The number of carbonyl (C=O) groups is 2. The molecule has 1 atom stereocenters. The number of hydrogen-bond donors (Lipinski definition) is 3. The van der Waals surface area contributed by atoms with Gasteiger partial charge in [-0.2, -0.15) is 5.10 Å². The zero-order valence-electron chi connectivity index (χ0n) is 26.0. The lowest BCUT2D eigenvalue weighted by Crippen LogP contribution is -2.45. The van der Waals surface area contributed by atoms with Crippen LogP contribution in [0.5, 0.6) is 17.2 Å². The first-order chi connectivity index (χ1) is 22.6. The Balaban J connectivity index is 1.44. The van der Waals surface area contributed by atoms with E-state index in [1.54, 1.807) is 68.5 Å². The third-order valence-corrected chi connectivity index (χ3v) is 7.69. The summed E-state index contributed by atoms with van der Waals surface area (Å²) in [5.41, 5.74) is 6.24. The van der Waals surface area contributed by atoms with Crippen LogP contribution in [0.2, 0.25) is 10.0 Å². The summed E-state index contributed by atoms with van der Waals surface area (Å²) in [6.07, 6.45) is 3.72. The van der Waals surface area contributed by atoms with Crippen molar-refractivity contribution in [3.8, 4) is 17.2 Å². The number of para-hydroxylation sites is 1. The number of nitrogens with zero attached hydrogens (tertiary/aromatic N) is 1. The molecule has 1 heterocycles. The summed E-state index contributed by atoms with van der Waals surface area (Å²) in [6, 6.07) is 15.2. The van der Waals surface area contributed by atoms with Gasteiger partial charge in [-0.15, -0.1) is 6.58 Å². The van der Waals surface area contributed by atoms with Gasteiger partial charge < -0.3 is 29.6 Å². The molecule has 0 bridgehead atoms. The van der Waals surface area contributed by atoms with Crippen molar-refractivity contribution in [2.24, 2.45) is 5.10 Å². The molecule has 0 unspecified atom stereocenters. The second kappa shape index (κ2) is 16.8. The van der Waals surface area contributed by atoms with E-state index in [0.717, 1.165) is 11.1 Å². The van der Waals surface area contributed by atoms with Gasteiger partial charge in [-0.3, -0.25) is 4.79 Å². The van der Waals surface area contributed by atoms with E-state index in [1.165, 1.54) is 13.3 Å². The molecule has 3 aromatic rings. The number of esters is 1. The van der Waals surface area contributed by atoms with Crippen LogP contribution in [0.25, 0.3) is 0 Å². The molecule has 3 N–H and O–H groups in total. The number of nitrogens with one attached hydrogen (secondary N) is 3. The highest BCUT2D eigenvalue weighted by molar-refractivity contribution is 7.80. The predicted molar refractivity (Wildman–Crippen MR) is 186 cm³/mol. The first-order valence-electron chi connectivity index (χ1n) is 14.5. The minimum Gasteiger partial charge on any atom is -0.493 e. The van der Waals surface area contributed by atoms with Gasteiger partial charge in [0, 0.05) is 32.4 Å². The molecule has 4 rings (SSSR count). The average molecular weight is 698 g/mol. The highest BCUT2D eigenvalue weighted by atomic mass is 35.5. The van der Waals surface area contributed by atoms with Gasteiger partial charge in [0.25, 0.3) is 5.91 Å². The van der Waals surface area contributed by atoms with Crippen LogP contribution in [0, 0.1) is 0 Å². The second-order valence-electron chi connectivity index (χ2n) is 10.1. The minimum absolute atomic E-state index is 0.198. The van der Waals surface area contributed by atoms with Crippen molar-refractivity contribution in [2.45, 2.75) is 32.9 Å². The molecular weight excluding hydrogens is 663 g/mol. The number of carbonyl (C=O) groups excluding carboxylic acids is 2. The lowest BCUT2D eigenvalue weighted by Gasteiger charge is -2.30. The maximum absolute atomic E-state index is 12.8. The van der Waals surface area contributed by atoms with Gasteiger partial charge in [0.2, 0.25) is 0 Å². The van der Waals surface area contributed by atoms with Gasteiger partial charge in [0.15, 0.2) is 23.2 Å². The van der Waals surface area contributed by atoms with E-state index in [4.69, 9.17) is 54.4 Å². The highest BCUT2D eigenvalue weighted by Crippen LogP contribution is 2.35. The number of amides is 1. The first-order valence-corrected chi connectivity index (χ1v) is 15.7. The molecule has 0 aromatic heterocycles. The molecule has 0 aliphatic carbocycles. The fourth-order valence-corrected chi connectivity index (χ4v) is 5.51. The Labute approximate surface area is 288 Å². The molecule has 10 nitrogen and oxygen atoms in total. The summed E-state index contributed by atoms with van der Waals surface area (Å²) in [4.78, 5) is 25.5. The van der Waals surface area contributed by atoms with E-state index in [9.17, 15) is 9.59 Å². The van der Waals surface area contributed by atoms with Crippen LogP contribution >= 0.6 is 35.4 Å². The fourth-order valence-electron chi connectivity index (χ4n) is 4.78. The van der Waals surface area contributed by atoms with Crippen molar-refractivity contribution >= 4 is 58.6 Å². The molecular formula is C34H34Cl2N4O6S. The summed E-state index contributed by atoms with van der Waals surface area (Å²) in [7, 11) is 1.53. The van der Waals surface area contributed by atoms with Crippen molar-refractivity contribution in [2.75, 3.05) is 20.3 Å². The summed E-state index contributed by atoms with van der Waals surface area (Å²) >= 11 is 17.7. The molecule has 3 aromatic carbocycles. The van der Waals surface area contributed by atoms with E-state index in [0.29, 0.717) is 61.2 Å². The van der Waals surface area contributed by atoms with Gasteiger partial charge in [-0.1, -0.05) is 53.5 Å². The Bertz CT molecular complexity index is 1730. The highest BCUT2D eigenvalue weighted by Gasteiger charge is 2.32. The summed E-state index contributed by atoms with van der Waals surface area (Å²) in [6.45, 7) is 7.39. The van der Waals surface area contributed by atoms with Crippen LogP contribution < -0.4 is 30.3 Å². The normalized spacial score (nSPS) is 14.2. The molecule has 13 heteroatoms. The number of rotatable bonds is 14. The summed E-state index contributed by atoms with van der Waals surface area (Å²) in [5.74, 6) is 0.405. The van der Waals surface area contributed by atoms with E-state index in [2.05, 4.69) is 27.7 Å². The van der Waals surface area contributed by atoms with Crippen LogP contribution in [0.3, 0.4) is 0 Å². The van der Waals surface area contributed by atoms with Crippen LogP contribution in [0.4, 0.5) is 0 Å². The smallest absolute Gasteiger partial charge is 0.338 e. The number of methoxy groups -OCH3 is 1. The topological polar surface area (TPSA) is 120 Å². The zero-order chi connectivity index (χ0) is 33.9. The Hall–Kier alpha value is -4.58. The van der Waals surface area contributed by atoms with E-state index in [1.807, 2.05) is 6.07 Å². The van der Waals surface area contributed by atoms with Crippen molar-refractivity contribution in [1.29, 1.82) is 0 Å². The molecule has 0 spiro atoms. The summed E-state index contributed by atoms with van der Waals surface area (Å²) in [5, 5.41) is 11.5. The molecule has 0 radical (unpaired) electrons. The van der Waals surface area contributed by atoms with Crippen LogP contribution in [0.1, 0.15) is 42.1 Å². The molecule has 246 valence electrons. The molecule has 0 saturated heterocycles. The van der Waals surface area contributed by atoms with Crippen molar-refractivity contribution in [3.63, 3.8) is 0 Å². The van der Waals surface area contributed by atoms with Gasteiger partial charge in [-0.25, -0.2) is 10.2 Å². The third kappa shape index (κ3) is 9.25. The Morgan fingerprint density at radius 1 is 1.09 bits per heavy atom. The maximum atomic E-state index is 12.8. The standard InChI is InChI=1S/C34H34Cl2N4O6S/c1-5-9-22-14-21(15-28(43-4)32(22)46-18-23-12-13-24(35)16-26(23)36)17-37-40-29(41)19-45-27-11-8-7-10-25(27)31-30(33(42)44-6-2)20(3)38-34(47)39-31/h5,7-8,10-17,31H,1,6,9,18-19H2,2-4H3,(H,40,41)(H2,38,39,47)/t31-/m0/s1. The van der Waals surface area contributed by atoms with Gasteiger partial charge in [0.1, 0.15) is 12.4 Å². The van der Waals surface area contributed by atoms with Crippen LogP contribution in [-0.4, -0.2) is 43.5 Å². The number of hydrogen-bond acceptors (Lipinski definition) is 8.